The summed E-state index contributed by atoms with van der Waals surface area (Å²) in [5.74, 6) is -0.00272. The first kappa shape index (κ1) is 21.7. The van der Waals surface area contributed by atoms with Gasteiger partial charge >= 0.3 is 5.69 Å². The van der Waals surface area contributed by atoms with Crippen LogP contribution < -0.4 is 21.7 Å². The lowest BCUT2D eigenvalue weighted by Crippen LogP contribution is -2.30. The number of ether oxygens (including phenoxy) is 1. The van der Waals surface area contributed by atoms with Gasteiger partial charge in [-0.15, -0.1) is 0 Å². The summed E-state index contributed by atoms with van der Waals surface area (Å²) in [5.41, 5.74) is 5.42. The summed E-state index contributed by atoms with van der Waals surface area (Å²) in [4.78, 5) is 42.0. The first-order valence-electron chi connectivity index (χ1n) is 9.30. The Hall–Kier alpha value is -3.05. The summed E-state index contributed by atoms with van der Waals surface area (Å²) in [5, 5.41) is 10.8. The number of imidazole rings is 1. The van der Waals surface area contributed by atoms with Gasteiger partial charge in [-0.05, 0) is 24.1 Å². The fourth-order valence-electron chi connectivity index (χ4n) is 2.91. The molecule has 0 bridgehead atoms. The number of benzene rings is 1. The van der Waals surface area contributed by atoms with Crippen molar-refractivity contribution >= 4 is 28.8 Å². The summed E-state index contributed by atoms with van der Waals surface area (Å²) in [7, 11) is 1.47. The summed E-state index contributed by atoms with van der Waals surface area (Å²) in [6.07, 6.45) is -0.0582. The van der Waals surface area contributed by atoms with Crippen molar-refractivity contribution in [2.24, 2.45) is 12.8 Å². The second-order valence-corrected chi connectivity index (χ2v) is 7.66. The Morgan fingerprint density at radius 1 is 1.33 bits per heavy atom. The van der Waals surface area contributed by atoms with E-state index < -0.39 is 23.3 Å². The van der Waals surface area contributed by atoms with Gasteiger partial charge < -0.3 is 20.1 Å². The van der Waals surface area contributed by atoms with Crippen LogP contribution >= 0.6 is 11.8 Å². The number of thioether (sulfide) groups is 1. The van der Waals surface area contributed by atoms with Gasteiger partial charge in [-0.1, -0.05) is 30.8 Å². The third-order valence-corrected chi connectivity index (χ3v) is 5.48. The Morgan fingerprint density at radius 3 is 2.67 bits per heavy atom. The number of hydrogen-bond acceptors (Lipinski definition) is 7. The van der Waals surface area contributed by atoms with E-state index in [9.17, 15) is 19.5 Å². The molecule has 0 aliphatic heterocycles. The molecule has 0 saturated heterocycles. The number of carbonyl (C=O) groups is 1. The molecule has 4 N–H and O–H groups in total. The molecule has 0 radical (unpaired) electrons. The van der Waals surface area contributed by atoms with Crippen molar-refractivity contribution in [3.63, 3.8) is 0 Å². The predicted octanol–water partition coefficient (Wildman–Crippen LogP) is 0.00300. The van der Waals surface area contributed by atoms with Crippen LogP contribution in [0.5, 0.6) is 5.75 Å². The standard InChI is InChI=1S/C19H23N5O5S/c1-3-11-4-6-13(7-5-11)29-9-12(25)8-24-15-16(21-19(24)30-10-14(20)26)23(2)18(28)22-17(15)27/h4-7,12,25H,3,8-10H2,1-2H3,(H2,20,26)(H,22,27,28)/t12-/m1/s1. The molecule has 10 nitrogen and oxygen atoms in total. The van der Waals surface area contributed by atoms with E-state index in [2.05, 4.69) is 16.9 Å². The molecule has 3 aromatic rings. The van der Waals surface area contributed by atoms with E-state index in [4.69, 9.17) is 10.5 Å². The minimum Gasteiger partial charge on any atom is -0.491 e. The van der Waals surface area contributed by atoms with Gasteiger partial charge in [0, 0.05) is 7.05 Å². The summed E-state index contributed by atoms with van der Waals surface area (Å²) in [6.45, 7) is 2.01. The Kier molecular flexibility index (Phi) is 6.63. The number of hydrogen-bond donors (Lipinski definition) is 3. The van der Waals surface area contributed by atoms with Crippen molar-refractivity contribution in [1.82, 2.24) is 19.1 Å². The van der Waals surface area contributed by atoms with Crippen LogP contribution in [0.1, 0.15) is 12.5 Å². The van der Waals surface area contributed by atoms with Gasteiger partial charge in [0.2, 0.25) is 5.91 Å². The number of H-pyrrole nitrogens is 1. The van der Waals surface area contributed by atoms with Crippen molar-refractivity contribution in [3.8, 4) is 5.75 Å². The number of nitrogens with one attached hydrogen (secondary N) is 1. The molecule has 2 aromatic heterocycles. The quantitative estimate of drug-likeness (QED) is 0.403. The summed E-state index contributed by atoms with van der Waals surface area (Å²) >= 11 is 1.02. The molecule has 0 saturated carbocycles. The molecule has 11 heteroatoms. The van der Waals surface area contributed by atoms with Crippen LogP contribution in [0, 0.1) is 0 Å². The summed E-state index contributed by atoms with van der Waals surface area (Å²) < 4.78 is 8.30. The van der Waals surface area contributed by atoms with E-state index in [-0.39, 0.29) is 30.1 Å². The number of aryl methyl sites for hydroxylation is 2. The first-order chi connectivity index (χ1) is 14.3. The maximum Gasteiger partial charge on any atom is 0.329 e. The van der Waals surface area contributed by atoms with Crippen LogP contribution in [0.3, 0.4) is 0 Å². The molecule has 1 aromatic carbocycles. The maximum absolute atomic E-state index is 12.4. The Morgan fingerprint density at radius 2 is 2.03 bits per heavy atom. The molecular weight excluding hydrogens is 410 g/mol. The lowest BCUT2D eigenvalue weighted by molar-refractivity contribution is -0.115. The molecule has 160 valence electrons. The van der Waals surface area contributed by atoms with E-state index >= 15 is 0 Å². The number of aromatic amines is 1. The molecule has 1 atom stereocenters. The number of aliphatic hydroxyl groups is 1. The third-order valence-electron chi connectivity index (χ3n) is 4.48. The van der Waals surface area contributed by atoms with Crippen molar-refractivity contribution in [3.05, 3.63) is 50.7 Å². The predicted molar refractivity (Wildman–Crippen MR) is 113 cm³/mol. The van der Waals surface area contributed by atoms with Crippen molar-refractivity contribution in [2.75, 3.05) is 12.4 Å². The van der Waals surface area contributed by atoms with Crippen molar-refractivity contribution in [1.29, 1.82) is 0 Å². The van der Waals surface area contributed by atoms with E-state index in [1.807, 2.05) is 24.3 Å². The monoisotopic (exact) mass is 433 g/mol. The second-order valence-electron chi connectivity index (χ2n) is 6.71. The van der Waals surface area contributed by atoms with Gasteiger partial charge in [0.1, 0.15) is 18.5 Å². The number of primary amides is 1. The van der Waals surface area contributed by atoms with Crippen LogP contribution in [-0.4, -0.2) is 48.6 Å². The van der Waals surface area contributed by atoms with E-state index in [1.165, 1.54) is 21.7 Å². The van der Waals surface area contributed by atoms with E-state index in [0.29, 0.717) is 10.9 Å². The highest BCUT2D eigenvalue weighted by molar-refractivity contribution is 7.99. The molecule has 0 fully saturated rings. The second kappa shape index (κ2) is 9.18. The van der Waals surface area contributed by atoms with Gasteiger partial charge in [-0.2, -0.15) is 0 Å². The molecule has 30 heavy (non-hydrogen) atoms. The zero-order valence-electron chi connectivity index (χ0n) is 16.6. The molecule has 0 spiro atoms. The fourth-order valence-corrected chi connectivity index (χ4v) is 3.65. The maximum atomic E-state index is 12.4. The molecule has 0 aliphatic carbocycles. The number of amides is 1. The number of nitrogens with two attached hydrogens (primary N) is 1. The lowest BCUT2D eigenvalue weighted by atomic mass is 10.2. The van der Waals surface area contributed by atoms with Gasteiger partial charge in [-0.3, -0.25) is 19.1 Å². The van der Waals surface area contributed by atoms with Gasteiger partial charge in [0.05, 0.1) is 12.3 Å². The van der Waals surface area contributed by atoms with Crippen LogP contribution in [0.2, 0.25) is 0 Å². The Labute approximate surface area is 175 Å². The first-order valence-corrected chi connectivity index (χ1v) is 10.3. The SMILES string of the molecule is CCc1ccc(OC[C@H](O)Cn2c(SCC(N)=O)nc3c2c(=O)[nH]c(=O)n3C)cc1. The summed E-state index contributed by atoms with van der Waals surface area (Å²) in [6, 6.07) is 7.55. The average Bonchev–Trinajstić information content (AvgIpc) is 3.08. The van der Waals surface area contributed by atoms with Crippen molar-refractivity contribution in [2.45, 2.75) is 31.1 Å². The molecule has 2 heterocycles. The van der Waals surface area contributed by atoms with Gasteiger partial charge in [-0.25, -0.2) is 9.78 Å². The van der Waals surface area contributed by atoms with Crippen LogP contribution in [0.4, 0.5) is 0 Å². The molecule has 0 unspecified atom stereocenters. The minimum atomic E-state index is -0.974. The van der Waals surface area contributed by atoms with Crippen molar-refractivity contribution < 1.29 is 14.6 Å². The number of aromatic nitrogens is 4. The number of rotatable bonds is 9. The number of nitrogens with zero attached hydrogens (tertiary/aromatic N) is 3. The highest BCUT2D eigenvalue weighted by Gasteiger charge is 2.20. The smallest absolute Gasteiger partial charge is 0.329 e. The highest BCUT2D eigenvalue weighted by Crippen LogP contribution is 2.22. The largest absolute Gasteiger partial charge is 0.491 e. The van der Waals surface area contributed by atoms with E-state index in [0.717, 1.165) is 18.2 Å². The number of carbonyl (C=O) groups excluding carboxylic acids is 1. The lowest BCUT2D eigenvalue weighted by Gasteiger charge is -2.15. The zero-order valence-corrected chi connectivity index (χ0v) is 17.4. The minimum absolute atomic E-state index is 0.0191. The average molecular weight is 433 g/mol. The molecule has 3 rings (SSSR count). The topological polar surface area (TPSA) is 145 Å². The van der Waals surface area contributed by atoms with Crippen LogP contribution in [0.15, 0.2) is 39.0 Å². The fraction of sp³-hybridized carbons (Fsp3) is 0.368. The van der Waals surface area contributed by atoms with Crippen LogP contribution in [0.25, 0.3) is 11.2 Å². The number of fused-ring (bicyclic) bond motifs is 1. The highest BCUT2D eigenvalue weighted by atomic mass is 32.2. The number of aliphatic hydroxyl groups excluding tert-OH is 1. The molecular formula is C19H23N5O5S. The normalized spacial score (nSPS) is 12.2. The molecule has 1 amide bonds. The zero-order chi connectivity index (χ0) is 21.8. The van der Waals surface area contributed by atoms with Gasteiger partial charge in [0.15, 0.2) is 16.3 Å². The molecule has 0 aliphatic rings. The third kappa shape index (κ3) is 4.74. The Bertz CT molecular complexity index is 1170. The van der Waals surface area contributed by atoms with E-state index in [1.54, 1.807) is 0 Å². The van der Waals surface area contributed by atoms with Crippen LogP contribution in [-0.2, 0) is 24.8 Å². The van der Waals surface area contributed by atoms with Gasteiger partial charge in [0.25, 0.3) is 5.56 Å². The Balaban J connectivity index is 1.85.